The van der Waals surface area contributed by atoms with Gasteiger partial charge in [-0.15, -0.1) is 0 Å². The molecule has 0 spiro atoms. The highest BCUT2D eigenvalue weighted by Crippen LogP contribution is 2.30. The largest absolute Gasteiger partial charge is 0.481 e. The van der Waals surface area contributed by atoms with Gasteiger partial charge in [-0.1, -0.05) is 28.8 Å². The summed E-state index contributed by atoms with van der Waals surface area (Å²) in [5.74, 6) is 1.69. The molecule has 0 N–H and O–H groups in total. The lowest BCUT2D eigenvalue weighted by atomic mass is 9.94. The van der Waals surface area contributed by atoms with E-state index >= 15 is 0 Å². The van der Waals surface area contributed by atoms with Gasteiger partial charge in [0.05, 0.1) is 20.3 Å². The van der Waals surface area contributed by atoms with E-state index in [2.05, 4.69) is 30.8 Å². The summed E-state index contributed by atoms with van der Waals surface area (Å²) >= 11 is 3.76. The van der Waals surface area contributed by atoms with Crippen LogP contribution in [0, 0.1) is 0 Å². The normalized spacial score (nSPS) is 22.9. The van der Waals surface area contributed by atoms with Crippen LogP contribution < -0.4 is 14.4 Å². The molecule has 106 valence electrons. The van der Waals surface area contributed by atoms with Crippen molar-refractivity contribution in [1.82, 2.24) is 9.97 Å². The molecule has 1 fully saturated rings. The van der Waals surface area contributed by atoms with Gasteiger partial charge >= 0.3 is 0 Å². The van der Waals surface area contributed by atoms with Gasteiger partial charge in [-0.3, -0.25) is 0 Å². The number of hydrogen-bond donors (Lipinski definition) is 0. The first-order valence-electron chi connectivity index (χ1n) is 6.49. The Morgan fingerprint density at radius 1 is 1.16 bits per heavy atom. The molecule has 1 aliphatic rings. The van der Waals surface area contributed by atoms with Crippen LogP contribution in [-0.2, 0) is 0 Å². The van der Waals surface area contributed by atoms with Crippen molar-refractivity contribution in [3.05, 3.63) is 6.07 Å². The van der Waals surface area contributed by atoms with E-state index in [0.717, 1.165) is 6.42 Å². The predicted octanol–water partition coefficient (Wildman–Crippen LogP) is 2.64. The van der Waals surface area contributed by atoms with E-state index < -0.39 is 0 Å². The van der Waals surface area contributed by atoms with Gasteiger partial charge in [0.1, 0.15) is 0 Å². The smallest absolute Gasteiger partial charge is 0.232 e. The summed E-state index contributed by atoms with van der Waals surface area (Å²) in [6, 6.07) is 2.09. The first kappa shape index (κ1) is 14.4. The third kappa shape index (κ3) is 3.29. The lowest BCUT2D eigenvalue weighted by molar-refractivity contribution is 0.369. The maximum atomic E-state index is 5.19. The third-order valence-corrected chi connectivity index (χ3v) is 4.61. The van der Waals surface area contributed by atoms with Crippen LogP contribution >= 0.6 is 15.9 Å². The van der Waals surface area contributed by atoms with Crippen LogP contribution in [0.2, 0.25) is 0 Å². The highest BCUT2D eigenvalue weighted by atomic mass is 79.9. The molecule has 1 heterocycles. The molecular weight excluding hydrogens is 310 g/mol. The Balaban J connectivity index is 2.24. The second kappa shape index (κ2) is 6.41. The van der Waals surface area contributed by atoms with E-state index in [1.165, 1.54) is 19.3 Å². The maximum absolute atomic E-state index is 5.19. The lowest BCUT2D eigenvalue weighted by Crippen LogP contribution is -2.41. The number of aromatic nitrogens is 2. The summed E-state index contributed by atoms with van der Waals surface area (Å²) < 4.78 is 10.4. The Hall–Kier alpha value is -1.04. The van der Waals surface area contributed by atoms with Gasteiger partial charge in [-0.2, -0.15) is 9.97 Å². The third-order valence-electron chi connectivity index (χ3n) is 3.55. The molecule has 5 nitrogen and oxygen atoms in total. The number of alkyl halides is 1. The second-order valence-corrected chi connectivity index (χ2v) is 5.91. The lowest BCUT2D eigenvalue weighted by Gasteiger charge is -2.35. The molecule has 1 aromatic rings. The zero-order valence-corrected chi connectivity index (χ0v) is 13.2. The Morgan fingerprint density at radius 2 is 1.74 bits per heavy atom. The SMILES string of the molecule is COc1cc(OC)nc(N(C)C2CCCCC2Br)n1. The molecule has 2 rings (SSSR count). The molecule has 0 aromatic carbocycles. The zero-order valence-electron chi connectivity index (χ0n) is 11.6. The Kier molecular flexibility index (Phi) is 4.85. The summed E-state index contributed by atoms with van der Waals surface area (Å²) in [4.78, 5) is 11.4. The van der Waals surface area contributed by atoms with E-state index in [1.807, 2.05) is 7.05 Å². The molecule has 2 unspecified atom stereocenters. The highest BCUT2D eigenvalue weighted by Gasteiger charge is 2.28. The van der Waals surface area contributed by atoms with Crippen molar-refractivity contribution in [3.63, 3.8) is 0 Å². The molecule has 1 saturated carbocycles. The monoisotopic (exact) mass is 329 g/mol. The number of nitrogens with zero attached hydrogens (tertiary/aromatic N) is 3. The molecule has 0 aliphatic heterocycles. The van der Waals surface area contributed by atoms with Crippen LogP contribution in [0.5, 0.6) is 11.8 Å². The summed E-state index contributed by atoms with van der Waals surface area (Å²) in [6.07, 6.45) is 4.87. The molecule has 6 heteroatoms. The van der Waals surface area contributed by atoms with E-state index in [4.69, 9.17) is 9.47 Å². The van der Waals surface area contributed by atoms with Gasteiger partial charge in [0.25, 0.3) is 0 Å². The van der Waals surface area contributed by atoms with Crippen molar-refractivity contribution in [2.24, 2.45) is 0 Å². The summed E-state index contributed by atoms with van der Waals surface area (Å²) in [6.45, 7) is 0. The van der Waals surface area contributed by atoms with Gasteiger partial charge in [-0.05, 0) is 12.8 Å². The number of halogens is 1. The van der Waals surface area contributed by atoms with E-state index in [9.17, 15) is 0 Å². The van der Waals surface area contributed by atoms with Crippen molar-refractivity contribution in [3.8, 4) is 11.8 Å². The number of ether oxygens (including phenoxy) is 2. The number of methoxy groups -OCH3 is 2. The first-order chi connectivity index (χ1) is 9.15. The summed E-state index contributed by atoms with van der Waals surface area (Å²) in [5, 5.41) is 0. The van der Waals surface area contributed by atoms with Crippen molar-refractivity contribution in [2.45, 2.75) is 36.6 Å². The first-order valence-corrected chi connectivity index (χ1v) is 7.41. The zero-order chi connectivity index (χ0) is 13.8. The average Bonchev–Trinajstić information content (AvgIpc) is 2.46. The fourth-order valence-corrected chi connectivity index (χ4v) is 3.35. The van der Waals surface area contributed by atoms with Crippen LogP contribution in [0.25, 0.3) is 0 Å². The molecule has 2 atom stereocenters. The van der Waals surface area contributed by atoms with Crippen LogP contribution in [0.1, 0.15) is 25.7 Å². The van der Waals surface area contributed by atoms with Crippen molar-refractivity contribution in [2.75, 3.05) is 26.2 Å². The minimum Gasteiger partial charge on any atom is -0.481 e. The minimum absolute atomic E-state index is 0.408. The van der Waals surface area contributed by atoms with Gasteiger partial charge in [0.15, 0.2) is 0 Å². The topological polar surface area (TPSA) is 47.5 Å². The molecular formula is C13H20BrN3O2. The minimum atomic E-state index is 0.408. The standard InChI is InChI=1S/C13H20BrN3O2/c1-17(10-7-5-4-6-9(10)14)13-15-11(18-2)8-12(16-13)19-3/h8-10H,4-7H2,1-3H3. The fraction of sp³-hybridized carbons (Fsp3) is 0.692. The van der Waals surface area contributed by atoms with Crippen molar-refractivity contribution < 1.29 is 9.47 Å². The molecule has 1 aromatic heterocycles. The van der Waals surface area contributed by atoms with E-state index in [-0.39, 0.29) is 0 Å². The van der Waals surface area contributed by atoms with Crippen LogP contribution in [0.15, 0.2) is 6.07 Å². The maximum Gasteiger partial charge on any atom is 0.232 e. The van der Waals surface area contributed by atoms with Crippen molar-refractivity contribution >= 4 is 21.9 Å². The highest BCUT2D eigenvalue weighted by molar-refractivity contribution is 9.09. The Morgan fingerprint density at radius 3 is 2.26 bits per heavy atom. The average molecular weight is 330 g/mol. The predicted molar refractivity (Wildman–Crippen MR) is 78.5 cm³/mol. The second-order valence-electron chi connectivity index (χ2n) is 4.73. The Labute approximate surface area is 122 Å². The quantitative estimate of drug-likeness (QED) is 0.795. The molecule has 0 saturated heterocycles. The van der Waals surface area contributed by atoms with Gasteiger partial charge in [-0.25, -0.2) is 0 Å². The van der Waals surface area contributed by atoms with E-state index in [0.29, 0.717) is 28.6 Å². The number of hydrogen-bond acceptors (Lipinski definition) is 5. The summed E-state index contributed by atoms with van der Waals surface area (Å²) in [5.41, 5.74) is 0. The van der Waals surface area contributed by atoms with E-state index in [1.54, 1.807) is 20.3 Å². The van der Waals surface area contributed by atoms with Gasteiger partial charge in [0.2, 0.25) is 17.7 Å². The molecule has 1 aliphatic carbocycles. The van der Waals surface area contributed by atoms with Crippen LogP contribution in [0.4, 0.5) is 5.95 Å². The van der Waals surface area contributed by atoms with Gasteiger partial charge < -0.3 is 14.4 Å². The van der Waals surface area contributed by atoms with Crippen molar-refractivity contribution in [1.29, 1.82) is 0 Å². The van der Waals surface area contributed by atoms with Crippen LogP contribution in [-0.4, -0.2) is 42.1 Å². The van der Waals surface area contributed by atoms with Crippen LogP contribution in [0.3, 0.4) is 0 Å². The Bertz CT molecular complexity index is 408. The summed E-state index contributed by atoms with van der Waals surface area (Å²) in [7, 11) is 5.22. The molecule has 19 heavy (non-hydrogen) atoms. The number of rotatable bonds is 4. The van der Waals surface area contributed by atoms with Gasteiger partial charge in [0, 0.05) is 17.9 Å². The molecule has 0 bridgehead atoms. The number of anilines is 1. The molecule has 0 radical (unpaired) electrons. The fourth-order valence-electron chi connectivity index (χ4n) is 2.41. The molecule has 0 amide bonds.